The number of esters is 1. The molecule has 0 spiro atoms. The predicted octanol–water partition coefficient (Wildman–Crippen LogP) is 2.76. The molecule has 0 aromatic heterocycles. The molecule has 9 heteroatoms. The molecule has 0 aliphatic carbocycles. The molecule has 1 atom stereocenters. The van der Waals surface area contributed by atoms with Gasteiger partial charge in [-0.25, -0.2) is 9.59 Å². The van der Waals surface area contributed by atoms with Crippen molar-refractivity contribution in [2.75, 3.05) is 52.4 Å². The molecule has 0 bridgehead atoms. The number of nitrogens with zero attached hydrogens (tertiary/aromatic N) is 1. The highest BCUT2D eigenvalue weighted by Crippen LogP contribution is 2.31. The number of rotatable bonds is 7. The van der Waals surface area contributed by atoms with Crippen molar-refractivity contribution in [3.8, 4) is 5.75 Å². The fourth-order valence-electron chi connectivity index (χ4n) is 3.09. The SMILES string of the molecule is CC[C@@](C)(CNC(=O)Nc1cc(OC)c(C(=O)OC)cc1Cl)N1CCOCC1. The van der Waals surface area contributed by atoms with E-state index in [0.29, 0.717) is 25.4 Å². The average Bonchev–Trinajstić information content (AvgIpc) is 2.73. The number of ether oxygens (including phenoxy) is 3. The van der Waals surface area contributed by atoms with Gasteiger partial charge in [-0.3, -0.25) is 4.90 Å². The van der Waals surface area contributed by atoms with Gasteiger partial charge in [0, 0.05) is 31.2 Å². The number of urea groups is 1. The van der Waals surface area contributed by atoms with Gasteiger partial charge >= 0.3 is 12.0 Å². The Balaban J connectivity index is 2.05. The fraction of sp³-hybridized carbons (Fsp3) is 0.579. The van der Waals surface area contributed by atoms with Gasteiger partial charge in [-0.1, -0.05) is 18.5 Å². The molecule has 0 unspecified atom stereocenters. The third-order valence-electron chi connectivity index (χ3n) is 5.11. The van der Waals surface area contributed by atoms with E-state index in [1.165, 1.54) is 26.4 Å². The van der Waals surface area contributed by atoms with E-state index in [0.717, 1.165) is 19.5 Å². The lowest BCUT2D eigenvalue weighted by atomic mass is 9.95. The van der Waals surface area contributed by atoms with Crippen molar-refractivity contribution in [1.29, 1.82) is 0 Å². The molecule has 0 radical (unpaired) electrons. The second kappa shape index (κ2) is 9.95. The van der Waals surface area contributed by atoms with Crippen LogP contribution in [0.15, 0.2) is 12.1 Å². The lowest BCUT2D eigenvalue weighted by molar-refractivity contribution is -0.0163. The first-order valence-corrected chi connectivity index (χ1v) is 9.56. The third kappa shape index (κ3) is 5.27. The van der Waals surface area contributed by atoms with Gasteiger partial charge in [0.1, 0.15) is 11.3 Å². The van der Waals surface area contributed by atoms with Crippen LogP contribution in [0.1, 0.15) is 30.6 Å². The highest BCUT2D eigenvalue weighted by atomic mass is 35.5. The topological polar surface area (TPSA) is 89.1 Å². The summed E-state index contributed by atoms with van der Waals surface area (Å²) in [7, 11) is 2.70. The number of halogens is 1. The molecular weight excluding hydrogens is 386 g/mol. The van der Waals surface area contributed by atoms with E-state index < -0.39 is 5.97 Å². The van der Waals surface area contributed by atoms with E-state index in [1.807, 2.05) is 0 Å². The molecule has 1 aromatic rings. The molecule has 0 saturated carbocycles. The van der Waals surface area contributed by atoms with Crippen molar-refractivity contribution in [2.24, 2.45) is 0 Å². The quantitative estimate of drug-likeness (QED) is 0.668. The number of carbonyl (C=O) groups excluding carboxylic acids is 2. The van der Waals surface area contributed by atoms with Crippen LogP contribution in [0.2, 0.25) is 5.02 Å². The second-order valence-electron chi connectivity index (χ2n) is 6.78. The third-order valence-corrected chi connectivity index (χ3v) is 5.42. The first-order chi connectivity index (χ1) is 13.3. The molecule has 1 heterocycles. The van der Waals surface area contributed by atoms with Crippen molar-refractivity contribution in [3.05, 3.63) is 22.7 Å². The minimum atomic E-state index is -0.570. The van der Waals surface area contributed by atoms with Crippen LogP contribution < -0.4 is 15.4 Å². The van der Waals surface area contributed by atoms with Crippen LogP contribution in [-0.4, -0.2) is 69.5 Å². The van der Waals surface area contributed by atoms with Gasteiger partial charge in [-0.2, -0.15) is 0 Å². The Bertz CT molecular complexity index is 709. The summed E-state index contributed by atoms with van der Waals surface area (Å²) in [5.74, 6) is -0.308. The van der Waals surface area contributed by atoms with Crippen LogP contribution >= 0.6 is 11.6 Å². The summed E-state index contributed by atoms with van der Waals surface area (Å²) in [6.07, 6.45) is 0.885. The Morgan fingerprint density at radius 2 is 1.96 bits per heavy atom. The molecule has 2 amide bonds. The first-order valence-electron chi connectivity index (χ1n) is 9.18. The average molecular weight is 414 g/mol. The zero-order chi connectivity index (χ0) is 20.7. The maximum absolute atomic E-state index is 12.4. The van der Waals surface area contributed by atoms with Crippen molar-refractivity contribution < 1.29 is 23.8 Å². The second-order valence-corrected chi connectivity index (χ2v) is 7.19. The van der Waals surface area contributed by atoms with Crippen LogP contribution in [0.5, 0.6) is 5.75 Å². The summed E-state index contributed by atoms with van der Waals surface area (Å²) >= 11 is 6.21. The Kier molecular flexibility index (Phi) is 7.91. The van der Waals surface area contributed by atoms with Crippen LogP contribution in [0, 0.1) is 0 Å². The maximum atomic E-state index is 12.4. The summed E-state index contributed by atoms with van der Waals surface area (Å²) in [4.78, 5) is 26.6. The fourth-order valence-corrected chi connectivity index (χ4v) is 3.30. The Hall–Kier alpha value is -2.03. The number of anilines is 1. The lowest BCUT2D eigenvalue weighted by Crippen LogP contribution is -2.57. The molecule has 1 saturated heterocycles. The molecule has 1 aliphatic rings. The normalized spacial score (nSPS) is 16.8. The minimum Gasteiger partial charge on any atom is -0.496 e. The van der Waals surface area contributed by atoms with Crippen molar-refractivity contribution in [3.63, 3.8) is 0 Å². The minimum absolute atomic E-state index is 0.169. The first kappa shape index (κ1) is 22.3. The van der Waals surface area contributed by atoms with Crippen LogP contribution in [0.3, 0.4) is 0 Å². The Labute approximate surface area is 170 Å². The molecule has 1 aromatic carbocycles. The summed E-state index contributed by atoms with van der Waals surface area (Å²) < 4.78 is 15.3. The van der Waals surface area contributed by atoms with Crippen molar-refractivity contribution in [2.45, 2.75) is 25.8 Å². The number of nitrogens with one attached hydrogen (secondary N) is 2. The Morgan fingerprint density at radius 1 is 1.29 bits per heavy atom. The number of carbonyl (C=O) groups is 2. The monoisotopic (exact) mass is 413 g/mol. The van der Waals surface area contributed by atoms with E-state index >= 15 is 0 Å². The molecule has 2 rings (SSSR count). The molecule has 156 valence electrons. The Morgan fingerprint density at radius 3 is 2.54 bits per heavy atom. The van der Waals surface area contributed by atoms with Gasteiger partial charge in [0.05, 0.1) is 38.1 Å². The highest BCUT2D eigenvalue weighted by molar-refractivity contribution is 6.34. The highest BCUT2D eigenvalue weighted by Gasteiger charge is 2.31. The van der Waals surface area contributed by atoms with Crippen LogP contribution in [0.25, 0.3) is 0 Å². The molecule has 28 heavy (non-hydrogen) atoms. The van der Waals surface area contributed by atoms with Gasteiger partial charge in [-0.15, -0.1) is 0 Å². The van der Waals surface area contributed by atoms with Crippen molar-refractivity contribution >= 4 is 29.3 Å². The summed E-state index contributed by atoms with van der Waals surface area (Å²) in [6, 6.07) is 2.52. The maximum Gasteiger partial charge on any atom is 0.341 e. The number of methoxy groups -OCH3 is 2. The van der Waals surface area contributed by atoms with Crippen LogP contribution in [0.4, 0.5) is 10.5 Å². The molecule has 2 N–H and O–H groups in total. The predicted molar refractivity (Wildman–Crippen MR) is 107 cm³/mol. The number of benzene rings is 1. The largest absolute Gasteiger partial charge is 0.496 e. The lowest BCUT2D eigenvalue weighted by Gasteiger charge is -2.43. The number of hydrogen-bond acceptors (Lipinski definition) is 6. The van der Waals surface area contributed by atoms with Gasteiger partial charge in [0.25, 0.3) is 0 Å². The van der Waals surface area contributed by atoms with Gasteiger partial charge in [0.2, 0.25) is 0 Å². The standard InChI is InChI=1S/C19H28ClN3O5/c1-5-19(2,23-6-8-28-9-7-23)12-21-18(25)22-15-11-16(26-3)13(10-14(15)20)17(24)27-4/h10-11H,5-9,12H2,1-4H3,(H2,21,22,25)/t19-/m0/s1. The van der Waals surface area contributed by atoms with E-state index in [9.17, 15) is 9.59 Å². The zero-order valence-electron chi connectivity index (χ0n) is 16.8. The van der Waals surface area contributed by atoms with E-state index in [4.69, 9.17) is 25.8 Å². The van der Waals surface area contributed by atoms with E-state index in [-0.39, 0.29) is 27.9 Å². The molecular formula is C19H28ClN3O5. The van der Waals surface area contributed by atoms with E-state index in [2.05, 4.69) is 29.4 Å². The van der Waals surface area contributed by atoms with Crippen molar-refractivity contribution in [1.82, 2.24) is 10.2 Å². The zero-order valence-corrected chi connectivity index (χ0v) is 17.5. The van der Waals surface area contributed by atoms with Crippen LogP contribution in [-0.2, 0) is 9.47 Å². The molecule has 1 aliphatic heterocycles. The smallest absolute Gasteiger partial charge is 0.341 e. The van der Waals surface area contributed by atoms with E-state index in [1.54, 1.807) is 0 Å². The summed E-state index contributed by atoms with van der Waals surface area (Å²) in [5, 5.41) is 5.83. The number of morpholine rings is 1. The molecule has 8 nitrogen and oxygen atoms in total. The van der Waals surface area contributed by atoms with Gasteiger partial charge in [0.15, 0.2) is 0 Å². The summed E-state index contributed by atoms with van der Waals surface area (Å²) in [6.45, 7) is 7.77. The number of amides is 2. The summed E-state index contributed by atoms with van der Waals surface area (Å²) in [5.41, 5.74) is 0.359. The number of hydrogen-bond donors (Lipinski definition) is 2. The van der Waals surface area contributed by atoms with Gasteiger partial charge in [-0.05, 0) is 19.4 Å². The molecule has 1 fully saturated rings. The van der Waals surface area contributed by atoms with Gasteiger partial charge < -0.3 is 24.8 Å².